The number of fused-ring (bicyclic) bond motifs is 1. The summed E-state index contributed by atoms with van der Waals surface area (Å²) in [6, 6.07) is 5.88. The summed E-state index contributed by atoms with van der Waals surface area (Å²) in [5.41, 5.74) is 1.40. The highest BCUT2D eigenvalue weighted by atomic mass is 35.5. The minimum absolute atomic E-state index is 0.0507. The third-order valence-corrected chi connectivity index (χ3v) is 4.93. The zero-order chi connectivity index (χ0) is 19.0. The van der Waals surface area contributed by atoms with Crippen LogP contribution in [-0.2, 0) is 11.3 Å². The predicted molar refractivity (Wildman–Crippen MR) is 99.5 cm³/mol. The van der Waals surface area contributed by atoms with Gasteiger partial charge in [-0.1, -0.05) is 16.8 Å². The Morgan fingerprint density at radius 3 is 3.04 bits per heavy atom. The van der Waals surface area contributed by atoms with E-state index in [1.807, 2.05) is 4.90 Å². The Balaban J connectivity index is 1.45. The van der Waals surface area contributed by atoms with E-state index in [1.165, 1.54) is 0 Å². The summed E-state index contributed by atoms with van der Waals surface area (Å²) in [6.07, 6.45) is 1.72. The predicted octanol–water partition coefficient (Wildman–Crippen LogP) is 3.05. The molecule has 1 aliphatic rings. The molecule has 27 heavy (non-hydrogen) atoms. The maximum absolute atomic E-state index is 12.8. The molecule has 2 aromatic heterocycles. The van der Waals surface area contributed by atoms with Gasteiger partial charge in [0.05, 0.1) is 12.5 Å². The average Bonchev–Trinajstić information content (AvgIpc) is 3.26. The molecule has 1 unspecified atom stereocenters. The molecule has 1 fully saturated rings. The number of oxazole rings is 1. The fraction of sp³-hybridized carbons (Fsp3) is 0.444. The molecule has 4 rings (SSSR count). The number of carbonyl (C=O) groups is 1. The quantitative estimate of drug-likeness (QED) is 0.677. The zero-order valence-corrected chi connectivity index (χ0v) is 15.9. The first-order valence-electron chi connectivity index (χ1n) is 8.85. The number of rotatable bonds is 4. The van der Waals surface area contributed by atoms with E-state index in [0.717, 1.165) is 24.9 Å². The van der Waals surface area contributed by atoms with Gasteiger partial charge in [-0.05, 0) is 38.0 Å². The minimum Gasteiger partial charge on any atom is -0.423 e. The van der Waals surface area contributed by atoms with Crippen LogP contribution in [0.5, 0.6) is 0 Å². The maximum Gasteiger partial charge on any atom is 0.298 e. The molecule has 1 atom stereocenters. The lowest BCUT2D eigenvalue weighted by Crippen LogP contribution is -2.43. The summed E-state index contributed by atoms with van der Waals surface area (Å²) < 4.78 is 11.0. The molecule has 8 nitrogen and oxygen atoms in total. The van der Waals surface area contributed by atoms with Crippen molar-refractivity contribution >= 4 is 34.6 Å². The molecule has 9 heteroatoms. The van der Waals surface area contributed by atoms with Gasteiger partial charge in [0.1, 0.15) is 5.52 Å². The van der Waals surface area contributed by atoms with E-state index in [-0.39, 0.29) is 11.8 Å². The van der Waals surface area contributed by atoms with Crippen molar-refractivity contribution in [1.82, 2.24) is 20.0 Å². The topological polar surface area (TPSA) is 88.5 Å². The van der Waals surface area contributed by atoms with Crippen molar-refractivity contribution in [3.63, 3.8) is 0 Å². The van der Waals surface area contributed by atoms with Crippen molar-refractivity contribution in [3.8, 4) is 0 Å². The van der Waals surface area contributed by atoms with E-state index in [0.29, 0.717) is 41.4 Å². The number of halogens is 1. The van der Waals surface area contributed by atoms with Gasteiger partial charge in [-0.15, -0.1) is 0 Å². The van der Waals surface area contributed by atoms with Gasteiger partial charge >= 0.3 is 0 Å². The average molecular weight is 390 g/mol. The smallest absolute Gasteiger partial charge is 0.298 e. The van der Waals surface area contributed by atoms with Crippen molar-refractivity contribution in [2.75, 3.05) is 25.0 Å². The van der Waals surface area contributed by atoms with Crippen LogP contribution in [0.15, 0.2) is 27.1 Å². The second kappa shape index (κ2) is 7.19. The number of benzene rings is 1. The number of piperidine rings is 1. The summed E-state index contributed by atoms with van der Waals surface area (Å²) in [6.45, 7) is 3.42. The number of nitrogens with zero attached hydrogens (tertiary/aromatic N) is 5. The third kappa shape index (κ3) is 3.75. The van der Waals surface area contributed by atoms with Gasteiger partial charge in [-0.2, -0.15) is 9.97 Å². The first kappa shape index (κ1) is 17.8. The van der Waals surface area contributed by atoms with Gasteiger partial charge < -0.3 is 18.7 Å². The number of hydrogen-bond acceptors (Lipinski definition) is 7. The molecular formula is C18H20ClN5O3. The van der Waals surface area contributed by atoms with Gasteiger partial charge in [-0.25, -0.2) is 0 Å². The van der Waals surface area contributed by atoms with Gasteiger partial charge in [-0.3, -0.25) is 4.79 Å². The van der Waals surface area contributed by atoms with E-state index in [9.17, 15) is 4.79 Å². The van der Waals surface area contributed by atoms with E-state index in [2.05, 4.69) is 15.1 Å². The van der Waals surface area contributed by atoms with Crippen LogP contribution in [0.1, 0.15) is 24.6 Å². The largest absolute Gasteiger partial charge is 0.423 e. The van der Waals surface area contributed by atoms with E-state index in [1.54, 1.807) is 37.1 Å². The second-order valence-electron chi connectivity index (χ2n) is 6.82. The van der Waals surface area contributed by atoms with Crippen LogP contribution in [0.25, 0.3) is 11.1 Å². The summed E-state index contributed by atoms with van der Waals surface area (Å²) in [7, 11) is 1.75. The molecule has 1 amide bonds. The fourth-order valence-corrected chi connectivity index (χ4v) is 3.54. The monoisotopic (exact) mass is 389 g/mol. The molecule has 1 saturated heterocycles. The molecule has 0 radical (unpaired) electrons. The Morgan fingerprint density at radius 2 is 2.26 bits per heavy atom. The lowest BCUT2D eigenvalue weighted by molar-refractivity contribution is -0.135. The van der Waals surface area contributed by atoms with E-state index in [4.69, 9.17) is 20.5 Å². The number of anilines is 1. The van der Waals surface area contributed by atoms with Crippen LogP contribution in [-0.4, -0.2) is 46.1 Å². The first-order valence-corrected chi connectivity index (χ1v) is 9.22. The zero-order valence-electron chi connectivity index (χ0n) is 15.2. The minimum atomic E-state index is -0.133. The summed E-state index contributed by atoms with van der Waals surface area (Å²) >= 11 is 6.02. The first-order chi connectivity index (χ1) is 13.0. The Kier molecular flexibility index (Phi) is 4.73. The van der Waals surface area contributed by atoms with E-state index < -0.39 is 0 Å². The van der Waals surface area contributed by atoms with Crippen molar-refractivity contribution in [2.24, 2.45) is 5.92 Å². The van der Waals surface area contributed by atoms with Crippen molar-refractivity contribution < 1.29 is 13.7 Å². The molecular weight excluding hydrogens is 370 g/mol. The molecule has 0 N–H and O–H groups in total. The molecule has 0 bridgehead atoms. The van der Waals surface area contributed by atoms with Crippen LogP contribution < -0.4 is 4.90 Å². The van der Waals surface area contributed by atoms with Crippen molar-refractivity contribution in [3.05, 3.63) is 34.9 Å². The standard InChI is InChI=1S/C18H20ClN5O3/c1-11-20-16(27-22-11)10-23(2)17(25)12-4-3-7-24(9-12)18-21-14-8-13(19)5-6-15(14)26-18/h5-6,8,12H,3-4,7,9-10H2,1-2H3. The van der Waals surface area contributed by atoms with Crippen LogP contribution in [0, 0.1) is 12.8 Å². The lowest BCUT2D eigenvalue weighted by atomic mass is 9.97. The fourth-order valence-electron chi connectivity index (χ4n) is 3.37. The number of carbonyl (C=O) groups excluding carboxylic acids is 1. The van der Waals surface area contributed by atoms with Crippen molar-refractivity contribution in [2.45, 2.75) is 26.3 Å². The van der Waals surface area contributed by atoms with Gasteiger partial charge in [0.15, 0.2) is 11.4 Å². The van der Waals surface area contributed by atoms with Gasteiger partial charge in [0, 0.05) is 25.2 Å². The number of amides is 1. The van der Waals surface area contributed by atoms with Gasteiger partial charge in [0.25, 0.3) is 6.01 Å². The van der Waals surface area contributed by atoms with Crippen LogP contribution in [0.2, 0.25) is 5.02 Å². The Labute approximate surface area is 161 Å². The molecule has 142 valence electrons. The summed E-state index contributed by atoms with van der Waals surface area (Å²) in [5, 5.41) is 4.38. The lowest BCUT2D eigenvalue weighted by Gasteiger charge is -2.32. The molecule has 1 aliphatic heterocycles. The SMILES string of the molecule is Cc1noc(CN(C)C(=O)C2CCCN(c3nc4cc(Cl)ccc4o3)C2)n1. The van der Waals surface area contributed by atoms with Crippen LogP contribution in [0.4, 0.5) is 6.01 Å². The molecule has 3 aromatic rings. The van der Waals surface area contributed by atoms with Gasteiger partial charge in [0.2, 0.25) is 11.8 Å². The molecule has 0 saturated carbocycles. The van der Waals surface area contributed by atoms with E-state index >= 15 is 0 Å². The number of hydrogen-bond donors (Lipinski definition) is 0. The molecule has 0 aliphatic carbocycles. The highest BCUT2D eigenvalue weighted by Gasteiger charge is 2.30. The maximum atomic E-state index is 12.8. The second-order valence-corrected chi connectivity index (χ2v) is 7.26. The van der Waals surface area contributed by atoms with Crippen molar-refractivity contribution in [1.29, 1.82) is 0 Å². The molecule has 1 aromatic carbocycles. The highest BCUT2D eigenvalue weighted by molar-refractivity contribution is 6.31. The molecule has 3 heterocycles. The Bertz CT molecular complexity index is 969. The Hall–Kier alpha value is -2.61. The molecule has 0 spiro atoms. The Morgan fingerprint density at radius 1 is 1.41 bits per heavy atom. The third-order valence-electron chi connectivity index (χ3n) is 4.70. The number of aromatic nitrogens is 3. The number of aryl methyl sites for hydroxylation is 1. The summed E-state index contributed by atoms with van der Waals surface area (Å²) in [5.74, 6) is 0.915. The highest BCUT2D eigenvalue weighted by Crippen LogP contribution is 2.28. The summed E-state index contributed by atoms with van der Waals surface area (Å²) in [4.78, 5) is 25.2. The van der Waals surface area contributed by atoms with Crippen LogP contribution in [0.3, 0.4) is 0 Å². The normalized spacial score (nSPS) is 17.4. The van der Waals surface area contributed by atoms with Crippen LogP contribution >= 0.6 is 11.6 Å².